The number of nitrogens with zero attached hydrogens (tertiary/aromatic N) is 2. The Kier molecular flexibility index (Phi) is 9.26. The van der Waals surface area contributed by atoms with Crippen molar-refractivity contribution in [2.45, 2.75) is 44.4 Å². The van der Waals surface area contributed by atoms with Crippen LogP contribution in [0.4, 0.5) is 30.7 Å². The molecule has 0 unspecified atom stereocenters. The lowest BCUT2D eigenvalue weighted by Crippen LogP contribution is -2.38. The highest BCUT2D eigenvalue weighted by molar-refractivity contribution is 6.36. The average Bonchev–Trinajstić information content (AvgIpc) is 3.32. The zero-order valence-electron chi connectivity index (χ0n) is 22.0. The molecule has 1 aromatic heterocycles. The van der Waals surface area contributed by atoms with Crippen molar-refractivity contribution in [3.63, 3.8) is 0 Å². The Labute approximate surface area is 240 Å². The Morgan fingerprint density at radius 2 is 1.76 bits per heavy atom. The van der Waals surface area contributed by atoms with Crippen molar-refractivity contribution >= 4 is 34.3 Å². The topological polar surface area (TPSA) is 72.8 Å². The van der Waals surface area contributed by atoms with Gasteiger partial charge in [0.05, 0.1) is 28.1 Å². The van der Waals surface area contributed by atoms with E-state index in [9.17, 15) is 40.3 Å². The highest BCUT2D eigenvalue weighted by atomic mass is 35.5. The summed E-state index contributed by atoms with van der Waals surface area (Å²) in [6.07, 6.45) is -8.14. The van der Waals surface area contributed by atoms with Crippen LogP contribution in [0.2, 0.25) is 5.02 Å². The Morgan fingerprint density at radius 3 is 2.38 bits per heavy atom. The average molecular weight is 624 g/mol. The van der Waals surface area contributed by atoms with E-state index in [1.807, 2.05) is 0 Å². The third-order valence-corrected chi connectivity index (χ3v) is 7.22. The van der Waals surface area contributed by atoms with Crippen molar-refractivity contribution in [3.05, 3.63) is 64.1 Å². The van der Waals surface area contributed by atoms with Crippen LogP contribution in [0.1, 0.15) is 40.2 Å². The van der Waals surface area contributed by atoms with Gasteiger partial charge >= 0.3 is 18.4 Å². The first kappa shape index (κ1) is 31.4. The summed E-state index contributed by atoms with van der Waals surface area (Å²) < 4.78 is 103. The molecule has 1 aliphatic heterocycles. The molecule has 0 aliphatic carbocycles. The molecule has 0 bridgehead atoms. The second-order valence-corrected chi connectivity index (χ2v) is 10.1. The van der Waals surface area contributed by atoms with Crippen LogP contribution < -0.4 is 10.1 Å². The number of nitrogens with one attached hydrogen (secondary N) is 1. The SMILES string of the molecule is COCCn1cc(C(=O)N2CCC(c3cc(CNC(=O)C(F)(F)F)ccc3F)CC2)c2c(OC(F)(F)F)ccc(Cl)c21. The van der Waals surface area contributed by atoms with Gasteiger partial charge in [-0.2, -0.15) is 13.2 Å². The molecule has 2 amide bonds. The van der Waals surface area contributed by atoms with Gasteiger partial charge in [-0.1, -0.05) is 23.7 Å². The Morgan fingerprint density at radius 1 is 1.07 bits per heavy atom. The summed E-state index contributed by atoms with van der Waals surface area (Å²) in [6.45, 7) is 0.170. The van der Waals surface area contributed by atoms with Crippen LogP contribution in [-0.4, -0.2) is 60.6 Å². The zero-order valence-corrected chi connectivity index (χ0v) is 22.8. The number of ether oxygens (including phenoxy) is 2. The van der Waals surface area contributed by atoms with Crippen molar-refractivity contribution in [2.75, 3.05) is 26.8 Å². The van der Waals surface area contributed by atoms with Crippen LogP contribution in [0.3, 0.4) is 0 Å². The lowest BCUT2D eigenvalue weighted by atomic mass is 9.88. The van der Waals surface area contributed by atoms with Crippen LogP contribution in [0, 0.1) is 5.82 Å². The number of carbonyl (C=O) groups excluding carboxylic acids is 2. The van der Waals surface area contributed by atoms with Crippen molar-refractivity contribution < 1.29 is 49.8 Å². The monoisotopic (exact) mass is 623 g/mol. The first-order valence-electron chi connectivity index (χ1n) is 12.7. The standard InChI is InChI=1S/C27H25ClF7N3O4/c1-41-11-10-38-14-18(22-21(42-27(33,34)35)5-3-19(28)23(22)38)24(39)37-8-6-16(7-9-37)17-12-15(2-4-20(17)29)13-36-25(40)26(30,31)32/h2-5,12,14,16H,6-11,13H2,1H3,(H,36,40). The summed E-state index contributed by atoms with van der Waals surface area (Å²) in [6, 6.07) is 6.02. The van der Waals surface area contributed by atoms with E-state index in [2.05, 4.69) is 4.74 Å². The molecule has 15 heteroatoms. The molecule has 1 N–H and O–H groups in total. The fourth-order valence-corrected chi connectivity index (χ4v) is 5.24. The smallest absolute Gasteiger partial charge is 0.405 e. The fraction of sp³-hybridized carbons (Fsp3) is 0.407. The molecule has 4 rings (SSSR count). The van der Waals surface area contributed by atoms with Gasteiger partial charge in [0.15, 0.2) is 0 Å². The number of halogens is 8. The number of rotatable bonds is 8. The zero-order chi connectivity index (χ0) is 30.8. The molecular weight excluding hydrogens is 599 g/mol. The molecule has 1 aliphatic rings. The van der Waals surface area contributed by atoms with E-state index in [0.29, 0.717) is 0 Å². The third kappa shape index (κ3) is 7.09. The van der Waals surface area contributed by atoms with Gasteiger partial charge in [-0.15, -0.1) is 13.2 Å². The minimum absolute atomic E-state index is 0.0603. The molecule has 1 saturated heterocycles. The van der Waals surface area contributed by atoms with Crippen LogP contribution in [0.25, 0.3) is 10.9 Å². The van der Waals surface area contributed by atoms with E-state index in [1.165, 1.54) is 41.0 Å². The summed E-state index contributed by atoms with van der Waals surface area (Å²) in [5, 5.41) is 1.74. The maximum atomic E-state index is 14.7. The maximum absolute atomic E-state index is 14.7. The van der Waals surface area contributed by atoms with Gasteiger partial charge in [0.25, 0.3) is 5.91 Å². The number of fused-ring (bicyclic) bond motifs is 1. The fourth-order valence-electron chi connectivity index (χ4n) is 4.97. The van der Waals surface area contributed by atoms with E-state index in [-0.39, 0.29) is 71.7 Å². The molecule has 228 valence electrons. The van der Waals surface area contributed by atoms with Gasteiger partial charge in [-0.05, 0) is 48.1 Å². The molecule has 1 fully saturated rings. The van der Waals surface area contributed by atoms with Crippen molar-refractivity contribution in [2.24, 2.45) is 0 Å². The van der Waals surface area contributed by atoms with Gasteiger partial charge in [0.2, 0.25) is 0 Å². The normalized spacial score (nSPS) is 14.8. The number of methoxy groups -OCH3 is 1. The molecule has 0 atom stereocenters. The first-order chi connectivity index (χ1) is 19.7. The summed E-state index contributed by atoms with van der Waals surface area (Å²) in [7, 11) is 1.44. The quantitative estimate of drug-likeness (QED) is 0.305. The van der Waals surface area contributed by atoms with E-state index >= 15 is 0 Å². The van der Waals surface area contributed by atoms with Crippen molar-refractivity contribution in [1.82, 2.24) is 14.8 Å². The van der Waals surface area contributed by atoms with Crippen LogP contribution in [0.15, 0.2) is 36.5 Å². The van der Waals surface area contributed by atoms with Gasteiger partial charge in [0, 0.05) is 39.5 Å². The van der Waals surface area contributed by atoms with Crippen LogP contribution >= 0.6 is 11.6 Å². The number of benzene rings is 2. The maximum Gasteiger partial charge on any atom is 0.573 e. The summed E-state index contributed by atoms with van der Waals surface area (Å²) >= 11 is 6.33. The van der Waals surface area contributed by atoms with Crippen molar-refractivity contribution in [1.29, 1.82) is 0 Å². The minimum atomic E-state index is -5.05. The Hall–Kier alpha value is -3.52. The number of piperidine rings is 1. The van der Waals surface area contributed by atoms with Crippen LogP contribution in [-0.2, 0) is 22.6 Å². The van der Waals surface area contributed by atoms with E-state index in [4.69, 9.17) is 16.3 Å². The molecule has 0 saturated carbocycles. The predicted molar refractivity (Wildman–Crippen MR) is 138 cm³/mol. The molecule has 2 heterocycles. The minimum Gasteiger partial charge on any atom is -0.405 e. The van der Waals surface area contributed by atoms with E-state index < -0.39 is 48.4 Å². The number of aromatic nitrogens is 1. The van der Waals surface area contributed by atoms with Crippen LogP contribution in [0.5, 0.6) is 5.75 Å². The van der Waals surface area contributed by atoms with Gasteiger partial charge in [0.1, 0.15) is 11.6 Å². The number of likely N-dealkylation sites (tertiary alicyclic amines) is 1. The number of carbonyl (C=O) groups is 2. The first-order valence-corrected chi connectivity index (χ1v) is 13.1. The van der Waals surface area contributed by atoms with E-state index in [1.54, 1.807) is 5.32 Å². The molecule has 3 aromatic rings. The Bertz CT molecular complexity index is 1460. The third-order valence-electron chi connectivity index (χ3n) is 6.92. The largest absolute Gasteiger partial charge is 0.573 e. The van der Waals surface area contributed by atoms with Gasteiger partial charge < -0.3 is 24.3 Å². The summed E-state index contributed by atoms with van der Waals surface area (Å²) in [5.74, 6) is -4.26. The second kappa shape index (κ2) is 12.4. The van der Waals surface area contributed by atoms with Gasteiger partial charge in [-0.25, -0.2) is 4.39 Å². The number of amides is 2. The van der Waals surface area contributed by atoms with E-state index in [0.717, 1.165) is 12.1 Å². The Balaban J connectivity index is 1.55. The number of hydrogen-bond donors (Lipinski definition) is 1. The van der Waals surface area contributed by atoms with Crippen molar-refractivity contribution in [3.8, 4) is 5.75 Å². The molecule has 0 spiro atoms. The molecule has 7 nitrogen and oxygen atoms in total. The highest BCUT2D eigenvalue weighted by Crippen LogP contribution is 2.39. The molecule has 42 heavy (non-hydrogen) atoms. The summed E-state index contributed by atoms with van der Waals surface area (Å²) in [5.41, 5.74) is 0.602. The van der Waals surface area contributed by atoms with Gasteiger partial charge in [-0.3, -0.25) is 9.59 Å². The lowest BCUT2D eigenvalue weighted by Gasteiger charge is -2.32. The number of alkyl halides is 6. The second-order valence-electron chi connectivity index (χ2n) is 9.65. The number of hydrogen-bond acceptors (Lipinski definition) is 4. The molecule has 2 aromatic carbocycles. The molecule has 0 radical (unpaired) electrons. The lowest BCUT2D eigenvalue weighted by molar-refractivity contribution is -0.274. The summed E-state index contributed by atoms with van der Waals surface area (Å²) in [4.78, 5) is 26.2. The molecular formula is C27H25ClF7N3O4. The predicted octanol–water partition coefficient (Wildman–Crippen LogP) is 6.18. The highest BCUT2D eigenvalue weighted by Gasteiger charge is 2.38.